The van der Waals surface area contributed by atoms with Crippen molar-refractivity contribution in [3.05, 3.63) is 64.6 Å². The first-order chi connectivity index (χ1) is 14.0. The van der Waals surface area contributed by atoms with Crippen molar-refractivity contribution in [2.45, 2.75) is 6.92 Å². The van der Waals surface area contributed by atoms with Crippen LogP contribution in [0.1, 0.15) is 5.56 Å². The second-order valence-electron chi connectivity index (χ2n) is 7.20. The number of hydrogen-bond donors (Lipinski definition) is 2. The van der Waals surface area contributed by atoms with E-state index in [2.05, 4.69) is 15.2 Å². The minimum absolute atomic E-state index is 0.196. The molecule has 0 aliphatic carbocycles. The summed E-state index contributed by atoms with van der Waals surface area (Å²) in [7, 11) is 1.73. The predicted octanol–water partition coefficient (Wildman–Crippen LogP) is 2.92. The molecule has 1 aliphatic rings. The number of nitrogen functional groups attached to an aromatic ring is 1. The lowest BCUT2D eigenvalue weighted by molar-refractivity contribution is 0.123. The van der Waals surface area contributed by atoms with Gasteiger partial charge in [0.1, 0.15) is 0 Å². The van der Waals surface area contributed by atoms with E-state index in [1.807, 2.05) is 49.4 Å². The number of morpholine rings is 1. The van der Waals surface area contributed by atoms with Gasteiger partial charge in [0.15, 0.2) is 5.82 Å². The Hall–Kier alpha value is -3.32. The van der Waals surface area contributed by atoms with Crippen LogP contribution in [0.15, 0.2) is 53.5 Å². The Labute approximate surface area is 169 Å². The highest BCUT2D eigenvalue weighted by Crippen LogP contribution is 2.28. The van der Waals surface area contributed by atoms with Crippen LogP contribution >= 0.6 is 0 Å². The highest BCUT2D eigenvalue weighted by atomic mass is 16.5. The molecule has 0 atom stereocenters. The molecule has 29 heavy (non-hydrogen) atoms. The topological polar surface area (TPSA) is 85.4 Å². The van der Waals surface area contributed by atoms with Crippen molar-refractivity contribution in [3.8, 4) is 11.3 Å². The molecule has 3 N–H and O–H groups in total. The van der Waals surface area contributed by atoms with Crippen molar-refractivity contribution in [2.24, 2.45) is 7.05 Å². The number of nitrogens with zero attached hydrogens (tertiary/aromatic N) is 3. The lowest BCUT2D eigenvalue weighted by Gasteiger charge is -2.30. The molecular formula is C22H25N5O2. The standard InChI is InChI=1S/C22H25N5O2/c1-15-5-3-4-6-17(15)19-14-26(2)22(28)21(25-19)24-16-7-8-20(18(23)13-16)27-9-11-29-12-10-27/h3-8,13-14H,9-12,23H2,1-2H3,(H,24,25). The number of nitrogens with one attached hydrogen (secondary N) is 1. The molecule has 4 rings (SSSR count). The molecule has 0 saturated carbocycles. The van der Waals surface area contributed by atoms with E-state index in [-0.39, 0.29) is 11.4 Å². The van der Waals surface area contributed by atoms with E-state index in [1.54, 1.807) is 17.8 Å². The molecule has 150 valence electrons. The van der Waals surface area contributed by atoms with Gasteiger partial charge in [-0.05, 0) is 30.7 Å². The SMILES string of the molecule is Cc1ccccc1-c1cn(C)c(=O)c(Nc2ccc(N3CCOCC3)c(N)c2)n1. The number of anilines is 4. The van der Waals surface area contributed by atoms with Crippen molar-refractivity contribution in [1.29, 1.82) is 0 Å². The Balaban J connectivity index is 1.65. The summed E-state index contributed by atoms with van der Waals surface area (Å²) >= 11 is 0. The first-order valence-corrected chi connectivity index (χ1v) is 9.66. The van der Waals surface area contributed by atoms with E-state index in [1.165, 1.54) is 0 Å². The fourth-order valence-electron chi connectivity index (χ4n) is 3.54. The van der Waals surface area contributed by atoms with Crippen LogP contribution in [0.25, 0.3) is 11.3 Å². The monoisotopic (exact) mass is 391 g/mol. The molecule has 1 fully saturated rings. The van der Waals surface area contributed by atoms with E-state index < -0.39 is 0 Å². The molecule has 1 aromatic heterocycles. The van der Waals surface area contributed by atoms with E-state index >= 15 is 0 Å². The Morgan fingerprint density at radius 3 is 2.62 bits per heavy atom. The van der Waals surface area contributed by atoms with Gasteiger partial charge in [-0.1, -0.05) is 24.3 Å². The Kier molecular flexibility index (Phi) is 5.22. The third-order valence-corrected chi connectivity index (χ3v) is 5.13. The van der Waals surface area contributed by atoms with Gasteiger partial charge in [0.2, 0.25) is 0 Å². The summed E-state index contributed by atoms with van der Waals surface area (Å²) in [5.74, 6) is 0.270. The molecule has 7 nitrogen and oxygen atoms in total. The van der Waals surface area contributed by atoms with Crippen molar-refractivity contribution in [1.82, 2.24) is 9.55 Å². The van der Waals surface area contributed by atoms with Gasteiger partial charge in [0, 0.05) is 37.6 Å². The van der Waals surface area contributed by atoms with Crippen molar-refractivity contribution < 1.29 is 4.74 Å². The second-order valence-corrected chi connectivity index (χ2v) is 7.20. The average Bonchev–Trinajstić information content (AvgIpc) is 2.72. The first-order valence-electron chi connectivity index (χ1n) is 9.66. The van der Waals surface area contributed by atoms with Gasteiger partial charge in [-0.25, -0.2) is 4.98 Å². The minimum atomic E-state index is -0.196. The van der Waals surface area contributed by atoms with Gasteiger partial charge >= 0.3 is 0 Å². The van der Waals surface area contributed by atoms with E-state index in [4.69, 9.17) is 10.5 Å². The molecule has 7 heteroatoms. The minimum Gasteiger partial charge on any atom is -0.397 e. The predicted molar refractivity (Wildman–Crippen MR) is 117 cm³/mol. The lowest BCUT2D eigenvalue weighted by atomic mass is 10.1. The van der Waals surface area contributed by atoms with Crippen molar-refractivity contribution >= 4 is 22.9 Å². The summed E-state index contributed by atoms with van der Waals surface area (Å²) in [6.07, 6.45) is 1.76. The van der Waals surface area contributed by atoms with E-state index in [0.717, 1.165) is 41.3 Å². The fourth-order valence-corrected chi connectivity index (χ4v) is 3.54. The van der Waals surface area contributed by atoms with Crippen LogP contribution in [-0.4, -0.2) is 35.9 Å². The maximum absolute atomic E-state index is 12.6. The maximum Gasteiger partial charge on any atom is 0.293 e. The molecule has 1 aliphatic heterocycles. The number of aromatic nitrogens is 2. The highest BCUT2D eigenvalue weighted by Gasteiger charge is 2.15. The largest absolute Gasteiger partial charge is 0.397 e. The number of hydrogen-bond acceptors (Lipinski definition) is 6. The maximum atomic E-state index is 12.6. The molecule has 0 spiro atoms. The molecule has 2 heterocycles. The fraction of sp³-hybridized carbons (Fsp3) is 0.273. The Bertz CT molecular complexity index is 1090. The van der Waals surface area contributed by atoms with Crippen LogP contribution in [0.3, 0.4) is 0 Å². The van der Waals surface area contributed by atoms with Gasteiger partial charge < -0.3 is 25.3 Å². The quantitative estimate of drug-likeness (QED) is 0.665. The zero-order valence-corrected chi connectivity index (χ0v) is 16.7. The number of benzene rings is 2. The molecule has 2 aromatic carbocycles. The highest BCUT2D eigenvalue weighted by molar-refractivity contribution is 5.75. The van der Waals surface area contributed by atoms with Crippen LogP contribution in [0.2, 0.25) is 0 Å². The molecule has 0 radical (unpaired) electrons. The lowest BCUT2D eigenvalue weighted by Crippen LogP contribution is -2.36. The summed E-state index contributed by atoms with van der Waals surface area (Å²) in [5, 5.41) is 3.15. The van der Waals surface area contributed by atoms with Gasteiger partial charge in [-0.15, -0.1) is 0 Å². The summed E-state index contributed by atoms with van der Waals surface area (Å²) in [6.45, 7) is 5.06. The van der Waals surface area contributed by atoms with E-state index in [0.29, 0.717) is 18.9 Å². The first kappa shape index (κ1) is 19.0. The van der Waals surface area contributed by atoms with Crippen LogP contribution in [0.5, 0.6) is 0 Å². The number of ether oxygens (including phenoxy) is 1. The van der Waals surface area contributed by atoms with Crippen LogP contribution in [0.4, 0.5) is 22.9 Å². The number of aryl methyl sites for hydroxylation is 2. The summed E-state index contributed by atoms with van der Waals surface area (Å²) in [4.78, 5) is 19.4. The van der Waals surface area contributed by atoms with Gasteiger partial charge in [0.25, 0.3) is 5.56 Å². The summed E-state index contributed by atoms with van der Waals surface area (Å²) in [6, 6.07) is 13.7. The second kappa shape index (κ2) is 7.97. The molecule has 3 aromatic rings. The van der Waals surface area contributed by atoms with Gasteiger partial charge in [0.05, 0.1) is 30.3 Å². The number of rotatable bonds is 4. The normalized spacial score (nSPS) is 14.1. The molecule has 1 saturated heterocycles. The van der Waals surface area contributed by atoms with Crippen molar-refractivity contribution in [2.75, 3.05) is 42.3 Å². The van der Waals surface area contributed by atoms with Gasteiger partial charge in [-0.3, -0.25) is 4.79 Å². The third-order valence-electron chi connectivity index (χ3n) is 5.13. The summed E-state index contributed by atoms with van der Waals surface area (Å²) < 4.78 is 6.95. The van der Waals surface area contributed by atoms with Gasteiger partial charge in [-0.2, -0.15) is 0 Å². The van der Waals surface area contributed by atoms with Crippen LogP contribution in [0, 0.1) is 6.92 Å². The molecular weight excluding hydrogens is 366 g/mol. The molecule has 0 amide bonds. The number of nitrogens with two attached hydrogens (primary N) is 1. The molecule has 0 bridgehead atoms. The zero-order valence-electron chi connectivity index (χ0n) is 16.7. The van der Waals surface area contributed by atoms with Crippen LogP contribution in [-0.2, 0) is 11.8 Å². The summed E-state index contributed by atoms with van der Waals surface area (Å²) in [5.41, 5.74) is 11.3. The molecule has 0 unspecified atom stereocenters. The van der Waals surface area contributed by atoms with Crippen LogP contribution < -0.4 is 21.5 Å². The smallest absolute Gasteiger partial charge is 0.293 e. The Morgan fingerprint density at radius 2 is 1.90 bits per heavy atom. The van der Waals surface area contributed by atoms with Crippen molar-refractivity contribution in [3.63, 3.8) is 0 Å². The zero-order chi connectivity index (χ0) is 20.4. The Morgan fingerprint density at radius 1 is 1.14 bits per heavy atom. The average molecular weight is 391 g/mol. The third kappa shape index (κ3) is 3.95. The van der Waals surface area contributed by atoms with E-state index in [9.17, 15) is 4.79 Å².